The van der Waals surface area contributed by atoms with E-state index in [1.807, 2.05) is 0 Å². The van der Waals surface area contributed by atoms with Crippen LogP contribution in [0.15, 0.2) is 28.8 Å². The number of hydrogen-bond donors (Lipinski definition) is 0. The van der Waals surface area contributed by atoms with Crippen LogP contribution in [0.2, 0.25) is 0 Å². The summed E-state index contributed by atoms with van der Waals surface area (Å²) in [6.45, 7) is -0.0637. The quantitative estimate of drug-likeness (QED) is 0.789. The first kappa shape index (κ1) is 14.6. The number of hydrogen-bond acceptors (Lipinski definition) is 6. The Labute approximate surface area is 126 Å². The topological polar surface area (TPSA) is 74.5 Å². The Morgan fingerprint density at radius 2 is 2.27 bits per heavy atom. The summed E-state index contributed by atoms with van der Waals surface area (Å²) in [6, 6.07) is 5.83. The summed E-state index contributed by atoms with van der Waals surface area (Å²) in [7, 11) is 1.62. The first-order chi connectivity index (χ1) is 10.7. The molecule has 1 heterocycles. The van der Waals surface area contributed by atoms with Gasteiger partial charge in [-0.05, 0) is 31.0 Å². The van der Waals surface area contributed by atoms with Crippen LogP contribution < -0.4 is 0 Å². The third-order valence-electron chi connectivity index (χ3n) is 3.64. The summed E-state index contributed by atoms with van der Waals surface area (Å²) in [5, 5.41) is 3.72. The minimum absolute atomic E-state index is 0.0637. The third-order valence-corrected chi connectivity index (χ3v) is 3.64. The molecular formula is C15H15FN2O4. The zero-order valence-electron chi connectivity index (χ0n) is 12.0. The van der Waals surface area contributed by atoms with Crippen molar-refractivity contribution >= 4 is 5.97 Å². The Morgan fingerprint density at radius 1 is 1.45 bits per heavy atom. The van der Waals surface area contributed by atoms with Crippen molar-refractivity contribution in [3.8, 4) is 11.5 Å². The van der Waals surface area contributed by atoms with Crippen molar-refractivity contribution in [2.75, 3.05) is 7.11 Å². The maximum absolute atomic E-state index is 13.1. The summed E-state index contributed by atoms with van der Waals surface area (Å²) in [4.78, 5) is 15.8. The molecule has 0 N–H and O–H groups in total. The highest BCUT2D eigenvalue weighted by molar-refractivity contribution is 5.73. The van der Waals surface area contributed by atoms with Crippen LogP contribution in [0.3, 0.4) is 0 Å². The van der Waals surface area contributed by atoms with Gasteiger partial charge in [-0.2, -0.15) is 4.98 Å². The monoisotopic (exact) mass is 306 g/mol. The zero-order valence-corrected chi connectivity index (χ0v) is 12.0. The highest BCUT2D eigenvalue weighted by atomic mass is 19.1. The molecule has 1 aliphatic rings. The molecular weight excluding hydrogens is 291 g/mol. The van der Waals surface area contributed by atoms with Gasteiger partial charge in [-0.3, -0.25) is 4.79 Å². The second kappa shape index (κ2) is 6.23. The summed E-state index contributed by atoms with van der Waals surface area (Å²) in [5.74, 6) is -0.366. The predicted octanol–water partition coefficient (Wildman–Crippen LogP) is 2.34. The molecule has 0 unspecified atom stereocenters. The summed E-state index contributed by atoms with van der Waals surface area (Å²) >= 11 is 0. The number of benzene rings is 1. The van der Waals surface area contributed by atoms with Gasteiger partial charge >= 0.3 is 5.97 Å². The van der Waals surface area contributed by atoms with Crippen molar-refractivity contribution in [2.24, 2.45) is 5.92 Å². The lowest BCUT2D eigenvalue weighted by Gasteiger charge is -2.31. The van der Waals surface area contributed by atoms with Gasteiger partial charge in [-0.15, -0.1) is 0 Å². The molecule has 0 saturated heterocycles. The molecule has 0 atom stereocenters. The third kappa shape index (κ3) is 3.14. The van der Waals surface area contributed by atoms with Crippen molar-refractivity contribution in [3.63, 3.8) is 0 Å². The maximum Gasteiger partial charge on any atom is 0.309 e. The number of halogens is 1. The molecule has 2 aromatic rings. The molecule has 0 amide bonds. The fourth-order valence-corrected chi connectivity index (χ4v) is 2.26. The Balaban J connectivity index is 1.55. The Kier molecular flexibility index (Phi) is 4.15. The van der Waals surface area contributed by atoms with Gasteiger partial charge in [-0.1, -0.05) is 11.2 Å². The van der Waals surface area contributed by atoms with Crippen molar-refractivity contribution in [2.45, 2.75) is 25.6 Å². The molecule has 0 spiro atoms. The van der Waals surface area contributed by atoms with Gasteiger partial charge in [0, 0.05) is 12.7 Å². The van der Waals surface area contributed by atoms with E-state index in [-0.39, 0.29) is 42.1 Å². The van der Waals surface area contributed by atoms with Crippen LogP contribution in [-0.2, 0) is 20.9 Å². The fourth-order valence-electron chi connectivity index (χ4n) is 2.26. The number of rotatable bonds is 5. The molecule has 0 radical (unpaired) electrons. The molecule has 0 aliphatic heterocycles. The van der Waals surface area contributed by atoms with E-state index in [0.717, 1.165) is 0 Å². The minimum Gasteiger partial charge on any atom is -0.457 e. The summed E-state index contributed by atoms with van der Waals surface area (Å²) in [6.07, 6.45) is 1.49. The SMILES string of the molecule is COC1CC(C(=O)OCc2noc(-c3cccc(F)c3)n2)C1. The molecule has 22 heavy (non-hydrogen) atoms. The van der Waals surface area contributed by atoms with E-state index in [1.165, 1.54) is 12.1 Å². The van der Waals surface area contributed by atoms with Crippen LogP contribution in [-0.4, -0.2) is 29.3 Å². The number of aromatic nitrogens is 2. The van der Waals surface area contributed by atoms with Crippen molar-refractivity contribution in [1.29, 1.82) is 0 Å². The van der Waals surface area contributed by atoms with Crippen molar-refractivity contribution in [1.82, 2.24) is 10.1 Å². The van der Waals surface area contributed by atoms with Crippen LogP contribution in [0.25, 0.3) is 11.5 Å². The average molecular weight is 306 g/mol. The van der Waals surface area contributed by atoms with Gasteiger partial charge in [0.1, 0.15) is 5.82 Å². The molecule has 6 nitrogen and oxygen atoms in total. The molecule has 3 rings (SSSR count). The van der Waals surface area contributed by atoms with Gasteiger partial charge in [-0.25, -0.2) is 4.39 Å². The van der Waals surface area contributed by atoms with Gasteiger partial charge in [0.15, 0.2) is 6.61 Å². The lowest BCUT2D eigenvalue weighted by Crippen LogP contribution is -2.36. The summed E-state index contributed by atoms with van der Waals surface area (Å²) < 4.78 is 28.4. The van der Waals surface area contributed by atoms with Crippen molar-refractivity contribution in [3.05, 3.63) is 35.9 Å². The Hall–Kier alpha value is -2.28. The van der Waals surface area contributed by atoms with E-state index < -0.39 is 0 Å². The van der Waals surface area contributed by atoms with Crippen LogP contribution in [0.4, 0.5) is 4.39 Å². The molecule has 0 bridgehead atoms. The zero-order chi connectivity index (χ0) is 15.5. The Bertz CT molecular complexity index is 667. The van der Waals surface area contributed by atoms with Gasteiger partial charge in [0.05, 0.1) is 12.0 Å². The van der Waals surface area contributed by atoms with Crippen LogP contribution in [0.1, 0.15) is 18.7 Å². The van der Waals surface area contributed by atoms with E-state index >= 15 is 0 Å². The first-order valence-electron chi connectivity index (χ1n) is 6.93. The second-order valence-corrected chi connectivity index (χ2v) is 5.16. The number of carbonyl (C=O) groups excluding carboxylic acids is 1. The maximum atomic E-state index is 13.1. The highest BCUT2D eigenvalue weighted by Gasteiger charge is 2.35. The molecule has 1 aliphatic carbocycles. The van der Waals surface area contributed by atoms with Crippen LogP contribution in [0.5, 0.6) is 0 Å². The smallest absolute Gasteiger partial charge is 0.309 e. The van der Waals surface area contributed by atoms with Gasteiger partial charge < -0.3 is 14.0 Å². The van der Waals surface area contributed by atoms with E-state index in [1.54, 1.807) is 19.2 Å². The largest absolute Gasteiger partial charge is 0.457 e. The number of carbonyl (C=O) groups is 1. The Morgan fingerprint density at radius 3 is 3.00 bits per heavy atom. The van der Waals surface area contributed by atoms with Crippen LogP contribution in [0, 0.1) is 11.7 Å². The lowest BCUT2D eigenvalue weighted by molar-refractivity contribution is -0.158. The molecule has 1 aromatic carbocycles. The van der Waals surface area contributed by atoms with E-state index in [2.05, 4.69) is 10.1 Å². The fraction of sp³-hybridized carbons (Fsp3) is 0.400. The normalized spacial score (nSPS) is 20.5. The van der Waals surface area contributed by atoms with E-state index in [9.17, 15) is 9.18 Å². The number of ether oxygens (including phenoxy) is 2. The lowest BCUT2D eigenvalue weighted by atomic mass is 9.82. The highest BCUT2D eigenvalue weighted by Crippen LogP contribution is 2.30. The standard InChI is InChI=1S/C15H15FN2O4/c1-20-12-6-10(7-12)15(19)21-8-13-17-14(22-18-13)9-3-2-4-11(16)5-9/h2-5,10,12H,6-8H2,1H3. The number of esters is 1. The minimum atomic E-state index is -0.388. The van der Waals surface area contributed by atoms with Gasteiger partial charge in [0.25, 0.3) is 5.89 Å². The molecule has 7 heteroatoms. The predicted molar refractivity (Wildman–Crippen MR) is 73.0 cm³/mol. The number of methoxy groups -OCH3 is 1. The van der Waals surface area contributed by atoms with Crippen molar-refractivity contribution < 1.29 is 23.2 Å². The second-order valence-electron chi connectivity index (χ2n) is 5.16. The molecule has 116 valence electrons. The van der Waals surface area contributed by atoms with E-state index in [4.69, 9.17) is 14.0 Å². The summed E-state index contributed by atoms with van der Waals surface area (Å²) in [5.41, 5.74) is 0.479. The molecule has 1 saturated carbocycles. The average Bonchev–Trinajstić information content (AvgIpc) is 2.93. The van der Waals surface area contributed by atoms with Crippen LogP contribution >= 0.6 is 0 Å². The number of nitrogens with zero attached hydrogens (tertiary/aromatic N) is 2. The first-order valence-corrected chi connectivity index (χ1v) is 6.93. The molecule has 1 aromatic heterocycles. The van der Waals surface area contributed by atoms with Gasteiger partial charge in [0.2, 0.25) is 5.82 Å². The van der Waals surface area contributed by atoms with E-state index in [0.29, 0.717) is 18.4 Å². The molecule has 1 fully saturated rings.